The van der Waals surface area contributed by atoms with Crippen LogP contribution in [0.15, 0.2) is 91.0 Å². The van der Waals surface area contributed by atoms with Crippen LogP contribution >= 0.6 is 0 Å². The molecule has 0 radical (unpaired) electrons. The molecule has 0 bridgehead atoms. The van der Waals surface area contributed by atoms with Crippen LogP contribution in [0, 0.1) is 0 Å². The highest BCUT2D eigenvalue weighted by Gasteiger charge is 2.59. The average Bonchev–Trinajstić information content (AvgIpc) is 0.765. The van der Waals surface area contributed by atoms with Gasteiger partial charge in [0, 0.05) is 60.7 Å². The van der Waals surface area contributed by atoms with Crippen LogP contribution in [0.3, 0.4) is 0 Å². The number of benzene rings is 3. The van der Waals surface area contributed by atoms with Gasteiger partial charge in [0.1, 0.15) is 48.8 Å². The Morgan fingerprint density at radius 1 is 0.621 bits per heavy atom. The largest absolute Gasteiger partial charge is 0.465 e. The zero-order valence-electron chi connectivity index (χ0n) is 56.4. The topological polar surface area (TPSA) is 322 Å². The number of unbranched alkanes of at least 4 members (excludes halogenated alkanes) is 6. The summed E-state index contributed by atoms with van der Waals surface area (Å²) in [6.45, 7) is 13.6. The number of ether oxygens (including phenoxy) is 13. The molecule has 3 aromatic carbocycles. The van der Waals surface area contributed by atoms with Crippen molar-refractivity contribution in [2.24, 2.45) is 0 Å². The number of nitrogens with one attached hydrogen (secondary N) is 4. The van der Waals surface area contributed by atoms with E-state index >= 15 is 0 Å². The van der Waals surface area contributed by atoms with E-state index in [-0.39, 0.29) is 31.9 Å². The number of alkyl carbamates (subject to hydrolysis) is 1. The van der Waals surface area contributed by atoms with Crippen molar-refractivity contribution in [1.29, 1.82) is 0 Å². The van der Waals surface area contributed by atoms with Crippen molar-refractivity contribution in [1.82, 2.24) is 21.3 Å². The average molecular weight is 1340 g/mol. The highest BCUT2D eigenvalue weighted by molar-refractivity contribution is 5.86. The van der Waals surface area contributed by atoms with Crippen LogP contribution in [0.4, 0.5) is 4.79 Å². The predicted octanol–water partition coefficient (Wildman–Crippen LogP) is 7.07. The second kappa shape index (κ2) is 40.7. The van der Waals surface area contributed by atoms with Crippen molar-refractivity contribution in [3.05, 3.63) is 108 Å². The molecule has 12 atom stereocenters. The molecule has 526 valence electrons. The molecule has 26 heteroatoms. The molecule has 2 aliphatic rings. The molecule has 2 fully saturated rings. The molecule has 0 aromatic heterocycles. The minimum absolute atomic E-state index is 0.0193. The Morgan fingerprint density at radius 3 is 1.68 bits per heavy atom. The van der Waals surface area contributed by atoms with Crippen LogP contribution in [0.25, 0.3) is 0 Å². The quantitative estimate of drug-likeness (QED) is 0.0252. The molecule has 2 heterocycles. The van der Waals surface area contributed by atoms with Gasteiger partial charge in [0.15, 0.2) is 18.5 Å². The van der Waals surface area contributed by atoms with Crippen molar-refractivity contribution in [3.63, 3.8) is 0 Å². The third kappa shape index (κ3) is 28.3. The van der Waals surface area contributed by atoms with Gasteiger partial charge in [-0.05, 0) is 76.5 Å². The first-order valence-corrected chi connectivity index (χ1v) is 32.5. The lowest BCUT2D eigenvalue weighted by Crippen LogP contribution is -2.69. The molecule has 4 N–H and O–H groups in total. The van der Waals surface area contributed by atoms with Crippen molar-refractivity contribution >= 4 is 53.7 Å². The number of amides is 4. The maximum atomic E-state index is 13.7. The van der Waals surface area contributed by atoms with Gasteiger partial charge in [-0.3, -0.25) is 33.6 Å². The Morgan fingerprint density at radius 2 is 1.16 bits per heavy atom. The van der Waals surface area contributed by atoms with Crippen molar-refractivity contribution in [2.45, 2.75) is 231 Å². The van der Waals surface area contributed by atoms with Crippen LogP contribution in [0.1, 0.15) is 150 Å². The highest BCUT2D eigenvalue weighted by Crippen LogP contribution is 2.38. The Kier molecular flexibility index (Phi) is 33.5. The van der Waals surface area contributed by atoms with E-state index in [1.165, 1.54) is 0 Å². The lowest BCUT2D eigenvalue weighted by Gasteiger charge is -2.48. The Bertz CT molecular complexity index is 2860. The SMILES string of the molecule is COC(=O)[C@@]1(OCCCCCCNC(=O)CC[C@H](NC(=O)OC(C)(C)C)C(=O)NCCCCCCO[C@@H]2O[C@@H](C)[C@@H](OCc3ccccc3)[C@@H](OCc3ccccc3)[C@@H]2OCc2ccccc2)C[C@H](OC(C)=O)[C@@H](NC(C)=O)[C@H]([C@H](OC(C)=O)[C@@H](COC(C)=O)OC(C)=O)O1. The number of carbonyl (C=O) groups is 9. The van der Waals surface area contributed by atoms with Gasteiger partial charge in [-0.15, -0.1) is 0 Å². The molecule has 4 amide bonds. The first kappa shape index (κ1) is 78.1. The minimum atomic E-state index is -2.35. The molecule has 26 nitrogen and oxygen atoms in total. The summed E-state index contributed by atoms with van der Waals surface area (Å²) in [5.74, 6) is -8.28. The zero-order valence-corrected chi connectivity index (χ0v) is 56.4. The number of rotatable bonds is 39. The smallest absolute Gasteiger partial charge is 0.408 e. The van der Waals surface area contributed by atoms with Gasteiger partial charge >= 0.3 is 35.9 Å². The molecule has 95 heavy (non-hydrogen) atoms. The third-order valence-corrected chi connectivity index (χ3v) is 15.1. The first-order valence-electron chi connectivity index (χ1n) is 32.5. The van der Waals surface area contributed by atoms with Gasteiger partial charge in [0.25, 0.3) is 5.79 Å². The summed E-state index contributed by atoms with van der Waals surface area (Å²) in [6.07, 6.45) is -5.80. The van der Waals surface area contributed by atoms with Crippen LogP contribution in [0.5, 0.6) is 0 Å². The molecular formula is C69H98N4O22. The van der Waals surface area contributed by atoms with Crippen LogP contribution in [0.2, 0.25) is 0 Å². The number of hydrogen-bond donors (Lipinski definition) is 4. The monoisotopic (exact) mass is 1330 g/mol. The Hall–Kier alpha value is -7.59. The van der Waals surface area contributed by atoms with Gasteiger partial charge < -0.3 is 82.8 Å². The molecule has 2 saturated heterocycles. The second-order valence-corrected chi connectivity index (χ2v) is 24.3. The van der Waals surface area contributed by atoms with Gasteiger partial charge in [-0.25, -0.2) is 9.59 Å². The maximum Gasteiger partial charge on any atom is 0.408 e. The lowest BCUT2D eigenvalue weighted by molar-refractivity contribution is -0.320. The van der Waals surface area contributed by atoms with E-state index in [2.05, 4.69) is 21.3 Å². The third-order valence-electron chi connectivity index (χ3n) is 15.1. The fourth-order valence-electron chi connectivity index (χ4n) is 10.8. The van der Waals surface area contributed by atoms with Crippen molar-refractivity contribution in [2.75, 3.05) is 40.0 Å². The van der Waals surface area contributed by atoms with Gasteiger partial charge in [0.05, 0.1) is 52.1 Å². The first-order chi connectivity index (χ1) is 45.4. The van der Waals surface area contributed by atoms with Gasteiger partial charge in [-0.2, -0.15) is 0 Å². The maximum absolute atomic E-state index is 13.7. The summed E-state index contributed by atoms with van der Waals surface area (Å²) in [5.41, 5.74) is 2.16. The van der Waals surface area contributed by atoms with E-state index in [9.17, 15) is 43.2 Å². The van der Waals surface area contributed by atoms with Crippen LogP contribution < -0.4 is 21.3 Å². The molecule has 2 aliphatic heterocycles. The van der Waals surface area contributed by atoms with E-state index in [0.29, 0.717) is 71.5 Å². The minimum Gasteiger partial charge on any atom is -0.465 e. The molecule has 5 rings (SSSR count). The van der Waals surface area contributed by atoms with E-state index in [1.807, 2.05) is 97.9 Å². The molecule has 0 unspecified atom stereocenters. The summed E-state index contributed by atoms with van der Waals surface area (Å²) in [7, 11) is 1.06. The Balaban J connectivity index is 1.10. The van der Waals surface area contributed by atoms with E-state index in [4.69, 9.17) is 61.6 Å². The fourth-order valence-corrected chi connectivity index (χ4v) is 10.8. The summed E-state index contributed by atoms with van der Waals surface area (Å²) in [6, 6.07) is 27.3. The summed E-state index contributed by atoms with van der Waals surface area (Å²) in [5, 5.41) is 11.0. The number of methoxy groups -OCH3 is 1. The summed E-state index contributed by atoms with van der Waals surface area (Å²) >= 11 is 0. The van der Waals surface area contributed by atoms with E-state index in [1.54, 1.807) is 20.8 Å². The fraction of sp³-hybridized carbons (Fsp3) is 0.609. The predicted molar refractivity (Wildman–Crippen MR) is 342 cm³/mol. The van der Waals surface area contributed by atoms with Gasteiger partial charge in [0.2, 0.25) is 17.7 Å². The zero-order chi connectivity index (χ0) is 69.3. The molecule has 0 spiro atoms. The van der Waals surface area contributed by atoms with Gasteiger partial charge in [-0.1, -0.05) is 117 Å². The summed E-state index contributed by atoms with van der Waals surface area (Å²) < 4.78 is 77.7. The lowest BCUT2D eigenvalue weighted by atomic mass is 9.88. The number of esters is 5. The number of carbonyl (C=O) groups excluding carboxylic acids is 9. The molecule has 0 aliphatic carbocycles. The summed E-state index contributed by atoms with van der Waals surface area (Å²) in [4.78, 5) is 115. The van der Waals surface area contributed by atoms with Crippen molar-refractivity contribution < 1.29 is 105 Å². The van der Waals surface area contributed by atoms with Crippen molar-refractivity contribution in [3.8, 4) is 0 Å². The van der Waals surface area contributed by atoms with Crippen LogP contribution in [-0.2, 0) is 120 Å². The Labute approximate surface area is 556 Å². The molecule has 0 saturated carbocycles. The van der Waals surface area contributed by atoms with E-state index in [0.717, 1.165) is 71.3 Å². The standard InChI is InChI=1S/C69H98N4O22/c1-45-59(86-41-51-28-18-15-19-29-51)62(87-42-52-30-20-16-21-31-52)63(88-43-53-32-22-17-23-33-53)65(90-45)84-38-26-13-11-25-37-71-64(80)54(73-67(82)95-68(7,8)9)34-35-57(79)70-36-24-12-14-27-39-89-69(66(81)83-10)40-55(91-48(4)76)58(72-46(2)74)61(94-69)60(93-50(6)78)56(92-49(5)77)44-85-47(3)75/h15-23,28-33,45,54-56,58-63,65H,11-14,24-27,34-44H2,1-10H3,(H,70,79)(H,71,80)(H,72,74)(H,73,82)/t45-,54-,55-,56+,58+,59+,60+,61+,62+,63-,65+,69+/m0/s1. The second-order valence-electron chi connectivity index (χ2n) is 24.3. The highest BCUT2D eigenvalue weighted by atomic mass is 16.7. The molecule has 3 aromatic rings. The normalized spacial score (nSPS) is 21.9. The molecular weight excluding hydrogens is 1240 g/mol. The van der Waals surface area contributed by atoms with Crippen LogP contribution in [-0.4, -0.2) is 172 Å². The van der Waals surface area contributed by atoms with E-state index < -0.39 is 139 Å². The number of hydrogen-bond acceptors (Lipinski definition) is 22.